The quantitative estimate of drug-likeness (QED) is 0.869. The molecule has 5 rings (SSSR count). The molecule has 5 atom stereocenters. The van der Waals surface area contributed by atoms with Gasteiger partial charge in [0.2, 0.25) is 0 Å². The molecule has 2 bridgehead atoms. The van der Waals surface area contributed by atoms with Gasteiger partial charge < -0.3 is 10.3 Å². The maximum Gasteiger partial charge on any atom is 0.104 e. The van der Waals surface area contributed by atoms with Crippen molar-refractivity contribution in [1.29, 1.82) is 0 Å². The lowest BCUT2D eigenvalue weighted by Gasteiger charge is -2.32. The first-order chi connectivity index (χ1) is 10.3. The van der Waals surface area contributed by atoms with Crippen LogP contribution in [0.4, 0.5) is 5.69 Å². The molecule has 2 N–H and O–H groups in total. The fourth-order valence-corrected chi connectivity index (χ4v) is 5.68. The summed E-state index contributed by atoms with van der Waals surface area (Å²) in [5.41, 5.74) is 3.49. The lowest BCUT2D eigenvalue weighted by Crippen LogP contribution is -2.33. The van der Waals surface area contributed by atoms with E-state index in [2.05, 4.69) is 33.5 Å². The van der Waals surface area contributed by atoms with Crippen molar-refractivity contribution < 1.29 is 0 Å². The number of H-pyrrole nitrogens is 1. The third-order valence-corrected chi connectivity index (χ3v) is 6.38. The van der Waals surface area contributed by atoms with Crippen LogP contribution in [0.5, 0.6) is 0 Å². The molecule has 21 heavy (non-hydrogen) atoms. The highest BCUT2D eigenvalue weighted by Gasteiger charge is 2.53. The molecule has 1 aromatic heterocycles. The van der Waals surface area contributed by atoms with E-state index in [-0.39, 0.29) is 0 Å². The number of hydrogen-bond donors (Lipinski definition) is 2. The van der Waals surface area contributed by atoms with Crippen LogP contribution in [-0.4, -0.2) is 16.0 Å². The van der Waals surface area contributed by atoms with E-state index in [0.29, 0.717) is 6.04 Å². The van der Waals surface area contributed by atoms with Crippen LogP contribution in [0.1, 0.15) is 37.9 Å². The summed E-state index contributed by atoms with van der Waals surface area (Å²) in [6.45, 7) is 2.02. The molecule has 0 spiro atoms. The van der Waals surface area contributed by atoms with Gasteiger partial charge in [-0.3, -0.25) is 0 Å². The molecular weight excluding hydrogens is 258 g/mol. The Morgan fingerprint density at radius 2 is 2.05 bits per heavy atom. The van der Waals surface area contributed by atoms with Crippen molar-refractivity contribution in [2.24, 2.45) is 23.7 Å². The average Bonchev–Trinajstić information content (AvgIpc) is 3.16. The number of imidazole rings is 1. The van der Waals surface area contributed by atoms with E-state index >= 15 is 0 Å². The predicted molar refractivity (Wildman–Crippen MR) is 85.3 cm³/mol. The predicted octanol–water partition coefficient (Wildman–Crippen LogP) is 4.11. The van der Waals surface area contributed by atoms with Crippen molar-refractivity contribution in [1.82, 2.24) is 9.97 Å². The van der Waals surface area contributed by atoms with Gasteiger partial charge in [-0.15, -0.1) is 0 Å². The van der Waals surface area contributed by atoms with Gasteiger partial charge in [0, 0.05) is 11.7 Å². The number of nitrogens with zero attached hydrogens (tertiary/aromatic N) is 1. The second kappa shape index (κ2) is 4.25. The molecule has 0 aliphatic heterocycles. The Hall–Kier alpha value is -1.51. The Morgan fingerprint density at radius 1 is 1.14 bits per heavy atom. The fourth-order valence-electron chi connectivity index (χ4n) is 5.68. The fraction of sp³-hybridized carbons (Fsp3) is 0.611. The van der Waals surface area contributed by atoms with Gasteiger partial charge >= 0.3 is 0 Å². The van der Waals surface area contributed by atoms with Crippen molar-refractivity contribution in [2.75, 3.05) is 5.32 Å². The minimum absolute atomic E-state index is 0.704. The summed E-state index contributed by atoms with van der Waals surface area (Å²) >= 11 is 0. The SMILES string of the molecule is Cc1nc2ccc(NC3CC4CC3C3CCCC43)cc2[nH]1. The zero-order chi connectivity index (χ0) is 14.0. The van der Waals surface area contributed by atoms with E-state index in [0.717, 1.165) is 40.5 Å². The molecule has 0 saturated heterocycles. The topological polar surface area (TPSA) is 40.7 Å². The zero-order valence-corrected chi connectivity index (χ0v) is 12.6. The van der Waals surface area contributed by atoms with E-state index in [9.17, 15) is 0 Å². The third-order valence-electron chi connectivity index (χ3n) is 6.38. The van der Waals surface area contributed by atoms with Gasteiger partial charge in [0.15, 0.2) is 0 Å². The third kappa shape index (κ3) is 1.76. The number of fused-ring (bicyclic) bond motifs is 6. The van der Waals surface area contributed by atoms with Crippen LogP contribution in [0.3, 0.4) is 0 Å². The minimum atomic E-state index is 0.704. The van der Waals surface area contributed by atoms with Gasteiger partial charge in [0.1, 0.15) is 5.82 Å². The van der Waals surface area contributed by atoms with E-state index in [1.165, 1.54) is 37.8 Å². The summed E-state index contributed by atoms with van der Waals surface area (Å²) in [5, 5.41) is 3.84. The number of anilines is 1. The molecule has 3 aliphatic carbocycles. The largest absolute Gasteiger partial charge is 0.382 e. The van der Waals surface area contributed by atoms with Crippen molar-refractivity contribution >= 4 is 16.7 Å². The molecular formula is C18H23N3. The van der Waals surface area contributed by atoms with Crippen LogP contribution in [0.2, 0.25) is 0 Å². The molecule has 1 aromatic carbocycles. The second-order valence-corrected chi connectivity index (χ2v) is 7.46. The number of rotatable bonds is 2. The molecule has 3 aliphatic rings. The lowest BCUT2D eigenvalue weighted by atomic mass is 9.79. The summed E-state index contributed by atoms with van der Waals surface area (Å²) in [7, 11) is 0. The number of aryl methyl sites for hydroxylation is 1. The van der Waals surface area contributed by atoms with Gasteiger partial charge in [0.05, 0.1) is 11.0 Å². The number of hydrogen-bond acceptors (Lipinski definition) is 2. The van der Waals surface area contributed by atoms with Crippen LogP contribution >= 0.6 is 0 Å². The van der Waals surface area contributed by atoms with Gasteiger partial charge in [-0.1, -0.05) is 6.42 Å². The highest BCUT2D eigenvalue weighted by molar-refractivity contribution is 5.79. The maximum absolute atomic E-state index is 4.48. The summed E-state index contributed by atoms with van der Waals surface area (Å²) in [4.78, 5) is 7.83. The van der Waals surface area contributed by atoms with Crippen LogP contribution in [0, 0.1) is 30.6 Å². The van der Waals surface area contributed by atoms with E-state index < -0.39 is 0 Å². The number of aromatic amines is 1. The van der Waals surface area contributed by atoms with Gasteiger partial charge in [-0.2, -0.15) is 0 Å². The van der Waals surface area contributed by atoms with Crippen LogP contribution in [0.15, 0.2) is 18.2 Å². The molecule has 3 heteroatoms. The Balaban J connectivity index is 1.39. The summed E-state index contributed by atoms with van der Waals surface area (Å²) in [6.07, 6.45) is 7.36. The first-order valence-electron chi connectivity index (χ1n) is 8.51. The molecule has 110 valence electrons. The van der Waals surface area contributed by atoms with Crippen LogP contribution in [0.25, 0.3) is 11.0 Å². The van der Waals surface area contributed by atoms with Crippen LogP contribution in [-0.2, 0) is 0 Å². The van der Waals surface area contributed by atoms with Crippen molar-refractivity contribution in [3.05, 3.63) is 24.0 Å². The van der Waals surface area contributed by atoms with Crippen molar-refractivity contribution in [3.8, 4) is 0 Å². The number of benzene rings is 1. The Labute approximate surface area is 125 Å². The lowest BCUT2D eigenvalue weighted by molar-refractivity contribution is 0.243. The highest BCUT2D eigenvalue weighted by atomic mass is 15.0. The first kappa shape index (κ1) is 12.1. The molecule has 3 saturated carbocycles. The monoisotopic (exact) mass is 281 g/mol. The normalized spacial score (nSPS) is 37.3. The smallest absolute Gasteiger partial charge is 0.104 e. The van der Waals surface area contributed by atoms with E-state index in [1.807, 2.05) is 6.92 Å². The van der Waals surface area contributed by atoms with E-state index in [4.69, 9.17) is 0 Å². The summed E-state index contributed by atoms with van der Waals surface area (Å²) in [6, 6.07) is 7.26. The average molecular weight is 281 g/mol. The summed E-state index contributed by atoms with van der Waals surface area (Å²) < 4.78 is 0. The molecule has 0 radical (unpaired) electrons. The summed E-state index contributed by atoms with van der Waals surface area (Å²) in [5.74, 6) is 5.04. The van der Waals surface area contributed by atoms with Gasteiger partial charge in [-0.05, 0) is 74.5 Å². The Morgan fingerprint density at radius 3 is 3.00 bits per heavy atom. The standard InChI is InChI=1S/C18H23N3/c1-10-19-16-6-5-12(9-18(16)20-10)21-17-8-11-7-15(17)14-4-2-3-13(11)14/h5-6,9,11,13-15,17,21H,2-4,7-8H2,1H3,(H,19,20). The van der Waals surface area contributed by atoms with Gasteiger partial charge in [-0.25, -0.2) is 4.98 Å². The minimum Gasteiger partial charge on any atom is -0.382 e. The van der Waals surface area contributed by atoms with Crippen LogP contribution < -0.4 is 5.32 Å². The molecule has 5 unspecified atom stereocenters. The molecule has 3 fully saturated rings. The molecule has 1 heterocycles. The zero-order valence-electron chi connectivity index (χ0n) is 12.6. The molecule has 0 amide bonds. The molecule has 2 aromatic rings. The second-order valence-electron chi connectivity index (χ2n) is 7.46. The number of nitrogens with one attached hydrogen (secondary N) is 2. The van der Waals surface area contributed by atoms with Crippen molar-refractivity contribution in [2.45, 2.75) is 45.1 Å². The van der Waals surface area contributed by atoms with Crippen molar-refractivity contribution in [3.63, 3.8) is 0 Å². The highest BCUT2D eigenvalue weighted by Crippen LogP contribution is 2.59. The number of aromatic nitrogens is 2. The Bertz CT molecular complexity index is 689. The van der Waals surface area contributed by atoms with E-state index in [1.54, 1.807) is 0 Å². The molecule has 3 nitrogen and oxygen atoms in total. The maximum atomic E-state index is 4.48. The Kier molecular flexibility index (Phi) is 2.44. The first-order valence-corrected chi connectivity index (χ1v) is 8.51. The van der Waals surface area contributed by atoms with Gasteiger partial charge in [0.25, 0.3) is 0 Å².